The summed E-state index contributed by atoms with van der Waals surface area (Å²) in [6.45, 7) is 0.268. The molecule has 114 valence electrons. The minimum Gasteiger partial charge on any atom is -0.332 e. The molecule has 1 aromatic heterocycles. The molecular weight excluding hydrogens is 304 g/mol. The van der Waals surface area contributed by atoms with Crippen molar-refractivity contribution in [3.8, 4) is 5.69 Å². The Kier molecular flexibility index (Phi) is 2.83. The van der Waals surface area contributed by atoms with Crippen LogP contribution in [0.15, 0.2) is 36.5 Å². The van der Waals surface area contributed by atoms with Gasteiger partial charge in [0, 0.05) is 12.6 Å². The van der Waals surface area contributed by atoms with E-state index in [1.807, 2.05) is 30.3 Å². The van der Waals surface area contributed by atoms with Crippen molar-refractivity contribution in [1.29, 1.82) is 0 Å². The SMILES string of the molecule is O=C(c1cnn(-c2ccccc2)n1)N1CC2CC1CS2(=O)=O. The Bertz CT molecular complexity index is 831. The third-order valence-corrected chi connectivity index (χ3v) is 6.47. The summed E-state index contributed by atoms with van der Waals surface area (Å²) in [5.74, 6) is -0.180. The van der Waals surface area contributed by atoms with Gasteiger partial charge in [0.2, 0.25) is 0 Å². The highest BCUT2D eigenvalue weighted by Crippen LogP contribution is 2.33. The highest BCUT2D eigenvalue weighted by atomic mass is 32.2. The van der Waals surface area contributed by atoms with Gasteiger partial charge in [-0.2, -0.15) is 9.90 Å². The minimum absolute atomic E-state index is 0.0657. The van der Waals surface area contributed by atoms with Crippen LogP contribution in [0, 0.1) is 0 Å². The van der Waals surface area contributed by atoms with Gasteiger partial charge in [0.25, 0.3) is 5.91 Å². The van der Waals surface area contributed by atoms with E-state index in [0.717, 1.165) is 5.69 Å². The summed E-state index contributed by atoms with van der Waals surface area (Å²) < 4.78 is 23.5. The number of fused-ring (bicyclic) bond motifs is 2. The summed E-state index contributed by atoms with van der Waals surface area (Å²) in [4.78, 5) is 15.5. The second kappa shape index (κ2) is 4.64. The Morgan fingerprint density at radius 1 is 1.23 bits per heavy atom. The van der Waals surface area contributed by atoms with Crippen molar-refractivity contribution in [1.82, 2.24) is 19.9 Å². The molecule has 0 radical (unpaired) electrons. The number of sulfone groups is 1. The van der Waals surface area contributed by atoms with Gasteiger partial charge in [-0.25, -0.2) is 8.42 Å². The lowest BCUT2D eigenvalue weighted by Crippen LogP contribution is -2.44. The molecule has 0 aliphatic carbocycles. The number of likely N-dealkylation sites (tertiary alicyclic amines) is 1. The highest BCUT2D eigenvalue weighted by molar-refractivity contribution is 7.92. The lowest BCUT2D eigenvalue weighted by molar-refractivity contribution is 0.0739. The Hall–Kier alpha value is -2.22. The lowest BCUT2D eigenvalue weighted by Gasteiger charge is -2.25. The second-order valence-electron chi connectivity index (χ2n) is 5.65. The van der Waals surface area contributed by atoms with Crippen LogP contribution in [-0.2, 0) is 9.84 Å². The molecule has 2 aromatic rings. The summed E-state index contributed by atoms with van der Waals surface area (Å²) in [5.41, 5.74) is 1.01. The van der Waals surface area contributed by atoms with E-state index in [-0.39, 0.29) is 29.9 Å². The normalized spacial score (nSPS) is 25.5. The Labute approximate surface area is 127 Å². The van der Waals surface area contributed by atoms with E-state index < -0.39 is 15.1 Å². The molecule has 2 aliphatic rings. The fraction of sp³-hybridized carbons (Fsp3) is 0.357. The fourth-order valence-corrected chi connectivity index (χ4v) is 5.17. The first-order valence-corrected chi connectivity index (χ1v) is 8.76. The van der Waals surface area contributed by atoms with Gasteiger partial charge in [0.1, 0.15) is 0 Å². The van der Waals surface area contributed by atoms with E-state index in [2.05, 4.69) is 10.2 Å². The molecule has 0 saturated carbocycles. The second-order valence-corrected chi connectivity index (χ2v) is 7.98. The predicted molar refractivity (Wildman–Crippen MR) is 78.4 cm³/mol. The zero-order valence-electron chi connectivity index (χ0n) is 11.7. The Balaban J connectivity index is 1.57. The molecule has 2 saturated heterocycles. The summed E-state index contributed by atoms with van der Waals surface area (Å²) in [6, 6.07) is 9.09. The van der Waals surface area contributed by atoms with Gasteiger partial charge < -0.3 is 4.90 Å². The molecule has 4 rings (SSSR count). The van der Waals surface area contributed by atoms with Crippen LogP contribution in [0.1, 0.15) is 16.9 Å². The highest BCUT2D eigenvalue weighted by Gasteiger charge is 2.50. The molecule has 1 amide bonds. The summed E-state index contributed by atoms with van der Waals surface area (Å²) >= 11 is 0. The number of nitrogens with zero attached hydrogens (tertiary/aromatic N) is 4. The molecule has 8 heteroatoms. The molecule has 3 heterocycles. The smallest absolute Gasteiger partial charge is 0.276 e. The maximum atomic E-state index is 12.5. The first-order valence-electron chi connectivity index (χ1n) is 7.05. The van der Waals surface area contributed by atoms with E-state index in [1.54, 1.807) is 4.90 Å². The molecule has 0 N–H and O–H groups in total. The van der Waals surface area contributed by atoms with Crippen molar-refractivity contribution >= 4 is 15.7 Å². The first-order chi connectivity index (χ1) is 10.5. The number of hydrogen-bond acceptors (Lipinski definition) is 5. The molecule has 2 atom stereocenters. The van der Waals surface area contributed by atoms with Crippen LogP contribution < -0.4 is 0 Å². The van der Waals surface area contributed by atoms with Gasteiger partial charge in [0.05, 0.1) is 22.9 Å². The predicted octanol–water partition coefficient (Wildman–Crippen LogP) is 0.279. The largest absolute Gasteiger partial charge is 0.332 e. The number of carbonyl (C=O) groups excluding carboxylic acids is 1. The van der Waals surface area contributed by atoms with E-state index >= 15 is 0 Å². The van der Waals surface area contributed by atoms with Crippen LogP contribution in [0.25, 0.3) is 5.69 Å². The molecule has 1 aromatic carbocycles. The molecule has 7 nitrogen and oxygen atoms in total. The fourth-order valence-electron chi connectivity index (χ4n) is 3.14. The Morgan fingerprint density at radius 3 is 2.64 bits per heavy atom. The summed E-state index contributed by atoms with van der Waals surface area (Å²) in [5, 5.41) is 7.91. The lowest BCUT2D eigenvalue weighted by atomic mass is 10.2. The zero-order valence-corrected chi connectivity index (χ0v) is 12.5. The maximum absolute atomic E-state index is 12.5. The number of carbonyl (C=O) groups is 1. The van der Waals surface area contributed by atoms with E-state index in [9.17, 15) is 13.2 Å². The molecule has 2 aliphatic heterocycles. The zero-order chi connectivity index (χ0) is 15.3. The third kappa shape index (κ3) is 2.02. The van der Waals surface area contributed by atoms with Crippen molar-refractivity contribution in [2.45, 2.75) is 17.7 Å². The van der Waals surface area contributed by atoms with Gasteiger partial charge in [-0.05, 0) is 18.6 Å². The van der Waals surface area contributed by atoms with Gasteiger partial charge in [-0.1, -0.05) is 18.2 Å². The average molecular weight is 318 g/mol. The van der Waals surface area contributed by atoms with E-state index in [4.69, 9.17) is 0 Å². The van der Waals surface area contributed by atoms with Gasteiger partial charge in [-0.3, -0.25) is 4.79 Å². The van der Waals surface area contributed by atoms with E-state index in [0.29, 0.717) is 6.42 Å². The number of amides is 1. The van der Waals surface area contributed by atoms with Crippen molar-refractivity contribution in [2.24, 2.45) is 0 Å². The van der Waals surface area contributed by atoms with Gasteiger partial charge in [-0.15, -0.1) is 5.10 Å². The van der Waals surface area contributed by atoms with Crippen LogP contribution in [0.2, 0.25) is 0 Å². The van der Waals surface area contributed by atoms with Crippen LogP contribution >= 0.6 is 0 Å². The van der Waals surface area contributed by atoms with Gasteiger partial charge >= 0.3 is 0 Å². The molecular formula is C14H14N4O3S. The third-order valence-electron chi connectivity index (χ3n) is 4.27. The quantitative estimate of drug-likeness (QED) is 0.794. The topological polar surface area (TPSA) is 85.2 Å². The number of aromatic nitrogens is 3. The molecule has 2 bridgehead atoms. The Morgan fingerprint density at radius 2 is 2.00 bits per heavy atom. The molecule has 0 spiro atoms. The summed E-state index contributed by atoms with van der Waals surface area (Å²) in [7, 11) is -3.01. The van der Waals surface area contributed by atoms with Crippen molar-refractivity contribution in [2.75, 3.05) is 12.3 Å². The van der Waals surface area contributed by atoms with Crippen LogP contribution in [0.5, 0.6) is 0 Å². The number of benzene rings is 1. The standard InChI is InChI=1S/C14H14N4O3S/c19-14(17-8-12-6-11(17)9-22(12,20)21)13-7-15-18(16-13)10-4-2-1-3-5-10/h1-5,7,11-12H,6,8-9H2. The molecule has 2 unspecified atom stereocenters. The maximum Gasteiger partial charge on any atom is 0.276 e. The van der Waals surface area contributed by atoms with Crippen molar-refractivity contribution < 1.29 is 13.2 Å². The minimum atomic E-state index is -3.01. The first kappa shape index (κ1) is 13.4. The number of rotatable bonds is 2. The number of hydrogen-bond donors (Lipinski definition) is 0. The average Bonchev–Trinajstić information content (AvgIpc) is 3.20. The number of para-hydroxylation sites is 1. The molecule has 2 fully saturated rings. The monoisotopic (exact) mass is 318 g/mol. The van der Waals surface area contributed by atoms with Crippen molar-refractivity contribution in [3.05, 3.63) is 42.2 Å². The van der Waals surface area contributed by atoms with Gasteiger partial charge in [0.15, 0.2) is 15.5 Å². The summed E-state index contributed by atoms with van der Waals surface area (Å²) in [6.07, 6.45) is 1.97. The van der Waals surface area contributed by atoms with Crippen molar-refractivity contribution in [3.63, 3.8) is 0 Å². The molecule has 22 heavy (non-hydrogen) atoms. The van der Waals surface area contributed by atoms with Crippen LogP contribution in [0.4, 0.5) is 0 Å². The van der Waals surface area contributed by atoms with E-state index in [1.165, 1.54) is 11.0 Å². The van der Waals surface area contributed by atoms with Crippen LogP contribution in [0.3, 0.4) is 0 Å². The van der Waals surface area contributed by atoms with Crippen LogP contribution in [-0.4, -0.2) is 57.8 Å².